The van der Waals surface area contributed by atoms with Gasteiger partial charge in [-0.05, 0) is 18.8 Å². The van der Waals surface area contributed by atoms with E-state index in [1.807, 2.05) is 11.9 Å². The minimum Gasteiger partial charge on any atom is -0.341 e. The lowest BCUT2D eigenvalue weighted by Crippen LogP contribution is -2.46. The Morgan fingerprint density at radius 1 is 1.38 bits per heavy atom. The first-order chi connectivity index (χ1) is 7.52. The molecule has 0 aliphatic heterocycles. The van der Waals surface area contributed by atoms with Gasteiger partial charge in [-0.2, -0.15) is 0 Å². The number of rotatable bonds is 4. The van der Waals surface area contributed by atoms with Crippen LogP contribution in [-0.2, 0) is 4.79 Å². The maximum Gasteiger partial charge on any atom is 0.236 e. The van der Waals surface area contributed by atoms with Gasteiger partial charge in [0.15, 0.2) is 0 Å². The molecule has 0 aromatic rings. The lowest BCUT2D eigenvalue weighted by Gasteiger charge is -2.36. The van der Waals surface area contributed by atoms with Crippen LogP contribution in [0.1, 0.15) is 46.5 Å². The third-order valence-electron chi connectivity index (χ3n) is 3.62. The van der Waals surface area contributed by atoms with Gasteiger partial charge in [-0.3, -0.25) is 4.79 Å². The Bertz CT molecular complexity index is 228. The van der Waals surface area contributed by atoms with Gasteiger partial charge in [0.05, 0.1) is 6.54 Å². The van der Waals surface area contributed by atoms with E-state index in [0.29, 0.717) is 24.5 Å². The number of likely N-dealkylation sites (N-methyl/N-ethyl adjacent to an activating group) is 1. The number of hydrogen-bond acceptors (Lipinski definition) is 2. The van der Waals surface area contributed by atoms with Crippen LogP contribution < -0.4 is 5.32 Å². The molecule has 3 nitrogen and oxygen atoms in total. The molecule has 0 spiro atoms. The Morgan fingerprint density at radius 3 is 2.56 bits per heavy atom. The van der Waals surface area contributed by atoms with E-state index in [0.717, 1.165) is 0 Å². The molecule has 2 atom stereocenters. The zero-order chi connectivity index (χ0) is 12.1. The van der Waals surface area contributed by atoms with Crippen molar-refractivity contribution < 1.29 is 4.79 Å². The summed E-state index contributed by atoms with van der Waals surface area (Å²) in [6.07, 6.45) is 5.03. The number of hydrogen-bond donors (Lipinski definition) is 1. The number of carbonyl (C=O) groups is 1. The smallest absolute Gasteiger partial charge is 0.236 e. The van der Waals surface area contributed by atoms with Crippen molar-refractivity contribution in [3.8, 4) is 0 Å². The van der Waals surface area contributed by atoms with Gasteiger partial charge in [0.1, 0.15) is 0 Å². The second kappa shape index (κ2) is 6.24. The quantitative estimate of drug-likeness (QED) is 0.795. The normalized spacial score (nSPS) is 25.8. The molecule has 94 valence electrons. The zero-order valence-electron chi connectivity index (χ0n) is 11.1. The molecule has 0 bridgehead atoms. The van der Waals surface area contributed by atoms with Crippen LogP contribution in [-0.4, -0.2) is 36.5 Å². The Kier molecular flexibility index (Phi) is 5.26. The van der Waals surface area contributed by atoms with Gasteiger partial charge >= 0.3 is 0 Å². The SMILES string of the molecule is CC(C)NCC(=O)N(C)C1CCCCC1C. The van der Waals surface area contributed by atoms with Gasteiger partial charge in [0, 0.05) is 19.1 Å². The molecule has 1 aliphatic rings. The molecule has 1 amide bonds. The predicted molar refractivity (Wildman–Crippen MR) is 67.3 cm³/mol. The van der Waals surface area contributed by atoms with E-state index in [4.69, 9.17) is 0 Å². The van der Waals surface area contributed by atoms with Crippen LogP contribution in [0.25, 0.3) is 0 Å². The highest BCUT2D eigenvalue weighted by atomic mass is 16.2. The molecule has 3 heteroatoms. The fourth-order valence-corrected chi connectivity index (χ4v) is 2.47. The van der Waals surface area contributed by atoms with Crippen molar-refractivity contribution in [3.05, 3.63) is 0 Å². The van der Waals surface area contributed by atoms with Gasteiger partial charge in [-0.15, -0.1) is 0 Å². The zero-order valence-corrected chi connectivity index (χ0v) is 11.1. The van der Waals surface area contributed by atoms with Crippen molar-refractivity contribution in [1.82, 2.24) is 10.2 Å². The fourth-order valence-electron chi connectivity index (χ4n) is 2.47. The van der Waals surface area contributed by atoms with Crippen molar-refractivity contribution in [2.75, 3.05) is 13.6 Å². The number of nitrogens with one attached hydrogen (secondary N) is 1. The maximum absolute atomic E-state index is 12.0. The van der Waals surface area contributed by atoms with E-state index in [2.05, 4.69) is 26.1 Å². The summed E-state index contributed by atoms with van der Waals surface area (Å²) in [5.74, 6) is 0.884. The molecule has 1 fully saturated rings. The van der Waals surface area contributed by atoms with Crippen LogP contribution in [0.2, 0.25) is 0 Å². The molecule has 0 saturated heterocycles. The minimum absolute atomic E-state index is 0.229. The summed E-state index contributed by atoms with van der Waals surface area (Å²) in [7, 11) is 1.96. The highest BCUT2D eigenvalue weighted by Crippen LogP contribution is 2.27. The number of carbonyl (C=O) groups excluding carboxylic acids is 1. The van der Waals surface area contributed by atoms with E-state index in [9.17, 15) is 4.79 Å². The van der Waals surface area contributed by atoms with Crippen LogP contribution in [0.5, 0.6) is 0 Å². The minimum atomic E-state index is 0.229. The first-order valence-corrected chi connectivity index (χ1v) is 6.51. The topological polar surface area (TPSA) is 32.3 Å². The molecule has 1 aliphatic carbocycles. The Morgan fingerprint density at radius 2 is 2.00 bits per heavy atom. The monoisotopic (exact) mass is 226 g/mol. The van der Waals surface area contributed by atoms with Crippen molar-refractivity contribution in [2.45, 2.75) is 58.5 Å². The van der Waals surface area contributed by atoms with E-state index >= 15 is 0 Å². The maximum atomic E-state index is 12.0. The van der Waals surface area contributed by atoms with Gasteiger partial charge in [-0.25, -0.2) is 0 Å². The first kappa shape index (κ1) is 13.5. The molecular weight excluding hydrogens is 200 g/mol. The molecule has 0 aromatic heterocycles. The summed E-state index contributed by atoms with van der Waals surface area (Å²) in [4.78, 5) is 13.9. The largest absolute Gasteiger partial charge is 0.341 e. The van der Waals surface area contributed by atoms with E-state index < -0.39 is 0 Å². The van der Waals surface area contributed by atoms with Crippen LogP contribution in [0.3, 0.4) is 0 Å². The number of nitrogens with zero attached hydrogens (tertiary/aromatic N) is 1. The van der Waals surface area contributed by atoms with Crippen LogP contribution >= 0.6 is 0 Å². The average Bonchev–Trinajstić information content (AvgIpc) is 2.25. The lowest BCUT2D eigenvalue weighted by molar-refractivity contribution is -0.132. The molecule has 1 saturated carbocycles. The molecule has 2 unspecified atom stereocenters. The Hall–Kier alpha value is -0.570. The third-order valence-corrected chi connectivity index (χ3v) is 3.62. The second-order valence-electron chi connectivity index (χ2n) is 5.37. The molecule has 0 aromatic carbocycles. The molecule has 1 N–H and O–H groups in total. The summed E-state index contributed by atoms with van der Waals surface area (Å²) >= 11 is 0. The molecular formula is C13H26N2O. The van der Waals surface area contributed by atoms with Crippen LogP contribution in [0.15, 0.2) is 0 Å². The van der Waals surface area contributed by atoms with E-state index in [1.165, 1.54) is 25.7 Å². The van der Waals surface area contributed by atoms with Crippen molar-refractivity contribution >= 4 is 5.91 Å². The van der Waals surface area contributed by atoms with E-state index in [1.54, 1.807) is 0 Å². The summed E-state index contributed by atoms with van der Waals surface area (Å²) in [5, 5.41) is 3.19. The highest BCUT2D eigenvalue weighted by molar-refractivity contribution is 5.78. The van der Waals surface area contributed by atoms with Gasteiger partial charge in [0.2, 0.25) is 5.91 Å². The van der Waals surface area contributed by atoms with Crippen molar-refractivity contribution in [3.63, 3.8) is 0 Å². The molecule has 0 radical (unpaired) electrons. The lowest BCUT2D eigenvalue weighted by atomic mass is 9.85. The number of amides is 1. The second-order valence-corrected chi connectivity index (χ2v) is 5.37. The van der Waals surface area contributed by atoms with Crippen LogP contribution in [0.4, 0.5) is 0 Å². The Labute approximate surface area is 99.6 Å². The van der Waals surface area contributed by atoms with Crippen molar-refractivity contribution in [1.29, 1.82) is 0 Å². The molecule has 16 heavy (non-hydrogen) atoms. The summed E-state index contributed by atoms with van der Waals surface area (Å²) in [6.45, 7) is 6.87. The van der Waals surface area contributed by atoms with Gasteiger partial charge < -0.3 is 10.2 Å². The van der Waals surface area contributed by atoms with Crippen molar-refractivity contribution in [2.24, 2.45) is 5.92 Å². The first-order valence-electron chi connectivity index (χ1n) is 6.51. The average molecular weight is 226 g/mol. The third kappa shape index (κ3) is 3.78. The summed E-state index contributed by atoms with van der Waals surface area (Å²) in [5.41, 5.74) is 0. The molecule has 1 rings (SSSR count). The standard InChI is InChI=1S/C13H26N2O/c1-10(2)14-9-13(16)15(4)12-8-6-5-7-11(12)3/h10-12,14H,5-9H2,1-4H3. The van der Waals surface area contributed by atoms with E-state index in [-0.39, 0.29) is 5.91 Å². The predicted octanol–water partition coefficient (Wildman–Crippen LogP) is 2.02. The van der Waals surface area contributed by atoms with Crippen LogP contribution in [0, 0.1) is 5.92 Å². The fraction of sp³-hybridized carbons (Fsp3) is 0.923. The highest BCUT2D eigenvalue weighted by Gasteiger charge is 2.27. The molecule has 0 heterocycles. The van der Waals surface area contributed by atoms with Gasteiger partial charge in [-0.1, -0.05) is 33.6 Å². The Balaban J connectivity index is 2.42. The summed E-state index contributed by atoms with van der Waals surface area (Å²) in [6, 6.07) is 0.830. The summed E-state index contributed by atoms with van der Waals surface area (Å²) < 4.78 is 0. The van der Waals surface area contributed by atoms with Gasteiger partial charge in [0.25, 0.3) is 0 Å².